The van der Waals surface area contributed by atoms with Gasteiger partial charge in [-0.2, -0.15) is 4.39 Å². The summed E-state index contributed by atoms with van der Waals surface area (Å²) in [6, 6.07) is 1.30. The average molecular weight is 143 g/mol. The van der Waals surface area contributed by atoms with Crippen LogP contribution in [0.3, 0.4) is 0 Å². The molecule has 0 bridgehead atoms. The molecule has 0 aromatic carbocycles. The summed E-state index contributed by atoms with van der Waals surface area (Å²) in [5, 5.41) is 0. The van der Waals surface area contributed by atoms with Crippen molar-refractivity contribution in [2.45, 2.75) is 6.92 Å². The normalized spacial score (nSPS) is 9.56. The van der Waals surface area contributed by atoms with Crippen LogP contribution in [-0.2, 0) is 0 Å². The van der Waals surface area contributed by atoms with Gasteiger partial charge >= 0.3 is 0 Å². The molecule has 0 atom stereocenters. The van der Waals surface area contributed by atoms with Gasteiger partial charge in [0.25, 0.3) is 0 Å². The number of H-pyrrole nitrogens is 1. The molecule has 0 unspecified atom stereocenters. The number of halogens is 1. The second-order valence-corrected chi connectivity index (χ2v) is 2.27. The standard InChI is InChI=1S/C6H6FNS/c1-4-3-8-6(7)2-5(4)9/h2-3H,1H3,(H,8,9). The maximum atomic E-state index is 12.2. The summed E-state index contributed by atoms with van der Waals surface area (Å²) in [7, 11) is 0. The summed E-state index contributed by atoms with van der Waals surface area (Å²) in [4.78, 5) is 2.41. The summed E-state index contributed by atoms with van der Waals surface area (Å²) in [6.45, 7) is 1.83. The van der Waals surface area contributed by atoms with E-state index in [4.69, 9.17) is 12.2 Å². The Morgan fingerprint density at radius 1 is 1.67 bits per heavy atom. The number of aryl methyl sites for hydroxylation is 1. The van der Waals surface area contributed by atoms with Crippen LogP contribution in [0.5, 0.6) is 0 Å². The van der Waals surface area contributed by atoms with Gasteiger partial charge in [0.1, 0.15) is 0 Å². The number of aromatic nitrogens is 1. The van der Waals surface area contributed by atoms with Crippen molar-refractivity contribution >= 4 is 12.2 Å². The van der Waals surface area contributed by atoms with Gasteiger partial charge in [-0.15, -0.1) is 0 Å². The number of hydrogen-bond acceptors (Lipinski definition) is 1. The molecule has 1 heterocycles. The van der Waals surface area contributed by atoms with Crippen molar-refractivity contribution in [3.05, 3.63) is 28.3 Å². The molecule has 1 nitrogen and oxygen atoms in total. The predicted molar refractivity (Wildman–Crippen MR) is 36.3 cm³/mol. The first kappa shape index (κ1) is 6.42. The number of pyridine rings is 1. The third kappa shape index (κ3) is 1.36. The Hall–Kier alpha value is -0.700. The molecule has 1 aromatic heterocycles. The Kier molecular flexibility index (Phi) is 1.62. The molecule has 0 saturated carbocycles. The van der Waals surface area contributed by atoms with Crippen molar-refractivity contribution in [3.8, 4) is 0 Å². The molecule has 0 amide bonds. The highest BCUT2D eigenvalue weighted by Gasteiger charge is 1.88. The van der Waals surface area contributed by atoms with Crippen molar-refractivity contribution in [3.63, 3.8) is 0 Å². The zero-order valence-corrected chi connectivity index (χ0v) is 5.76. The number of rotatable bonds is 0. The van der Waals surface area contributed by atoms with Gasteiger partial charge in [-0.05, 0) is 12.5 Å². The molecular formula is C6H6FNS. The number of aromatic amines is 1. The minimum absolute atomic E-state index is 0.384. The highest BCUT2D eigenvalue weighted by atomic mass is 32.1. The van der Waals surface area contributed by atoms with Crippen LogP contribution in [0.4, 0.5) is 4.39 Å². The fourth-order valence-electron chi connectivity index (χ4n) is 0.519. The van der Waals surface area contributed by atoms with Crippen LogP contribution in [0.2, 0.25) is 0 Å². The minimum atomic E-state index is -0.384. The van der Waals surface area contributed by atoms with E-state index >= 15 is 0 Å². The molecule has 0 aliphatic rings. The molecule has 0 radical (unpaired) electrons. The van der Waals surface area contributed by atoms with E-state index in [-0.39, 0.29) is 5.95 Å². The SMILES string of the molecule is Cc1c[nH]c(F)cc1=S. The fourth-order valence-corrected chi connectivity index (χ4v) is 0.681. The third-order valence-corrected chi connectivity index (χ3v) is 1.51. The van der Waals surface area contributed by atoms with Crippen molar-refractivity contribution in [2.75, 3.05) is 0 Å². The van der Waals surface area contributed by atoms with E-state index in [9.17, 15) is 4.39 Å². The predicted octanol–water partition coefficient (Wildman–Crippen LogP) is 2.19. The second kappa shape index (κ2) is 2.27. The molecule has 48 valence electrons. The molecule has 3 heteroatoms. The van der Waals surface area contributed by atoms with E-state index in [0.29, 0.717) is 4.51 Å². The molecular weight excluding hydrogens is 137 g/mol. The first-order valence-corrected chi connectivity index (χ1v) is 2.96. The quantitative estimate of drug-likeness (QED) is 0.435. The average Bonchev–Trinajstić information content (AvgIpc) is 1.80. The van der Waals surface area contributed by atoms with Gasteiger partial charge in [0, 0.05) is 16.8 Å². The van der Waals surface area contributed by atoms with E-state index in [1.54, 1.807) is 6.20 Å². The lowest BCUT2D eigenvalue weighted by Gasteiger charge is -1.90. The van der Waals surface area contributed by atoms with Crippen molar-refractivity contribution in [2.24, 2.45) is 0 Å². The molecule has 0 aliphatic heterocycles. The van der Waals surface area contributed by atoms with Crippen LogP contribution in [0, 0.1) is 17.4 Å². The topological polar surface area (TPSA) is 15.8 Å². The molecule has 0 aliphatic carbocycles. The van der Waals surface area contributed by atoms with Gasteiger partial charge in [0.15, 0.2) is 5.95 Å². The fraction of sp³-hybridized carbons (Fsp3) is 0.167. The number of nitrogens with one attached hydrogen (secondary N) is 1. The summed E-state index contributed by atoms with van der Waals surface area (Å²) in [5.41, 5.74) is 0.895. The van der Waals surface area contributed by atoms with Crippen LogP contribution in [-0.4, -0.2) is 4.98 Å². The Balaban J connectivity index is 3.34. The van der Waals surface area contributed by atoms with Crippen LogP contribution < -0.4 is 0 Å². The van der Waals surface area contributed by atoms with Crippen LogP contribution >= 0.6 is 12.2 Å². The van der Waals surface area contributed by atoms with E-state index in [2.05, 4.69) is 4.98 Å². The Bertz CT molecular complexity index is 266. The van der Waals surface area contributed by atoms with Crippen LogP contribution in [0.15, 0.2) is 12.3 Å². The Morgan fingerprint density at radius 2 is 2.33 bits per heavy atom. The molecule has 9 heavy (non-hydrogen) atoms. The lowest BCUT2D eigenvalue weighted by Crippen LogP contribution is -1.82. The van der Waals surface area contributed by atoms with E-state index in [1.165, 1.54) is 6.07 Å². The van der Waals surface area contributed by atoms with E-state index in [1.807, 2.05) is 6.92 Å². The third-order valence-electron chi connectivity index (χ3n) is 1.07. The number of hydrogen-bond donors (Lipinski definition) is 1. The molecule has 0 saturated heterocycles. The monoisotopic (exact) mass is 143 g/mol. The zero-order chi connectivity index (χ0) is 6.85. The van der Waals surface area contributed by atoms with Gasteiger partial charge in [-0.1, -0.05) is 12.2 Å². The highest BCUT2D eigenvalue weighted by Crippen LogP contribution is 1.99. The lowest BCUT2D eigenvalue weighted by atomic mass is 10.3. The van der Waals surface area contributed by atoms with Crippen molar-refractivity contribution in [1.29, 1.82) is 0 Å². The van der Waals surface area contributed by atoms with Gasteiger partial charge in [-0.25, -0.2) is 0 Å². The van der Waals surface area contributed by atoms with Crippen LogP contribution in [0.25, 0.3) is 0 Å². The largest absolute Gasteiger partial charge is 0.338 e. The molecule has 1 N–H and O–H groups in total. The lowest BCUT2D eigenvalue weighted by molar-refractivity contribution is 0.582. The summed E-state index contributed by atoms with van der Waals surface area (Å²) >= 11 is 4.78. The van der Waals surface area contributed by atoms with E-state index in [0.717, 1.165) is 5.56 Å². The minimum Gasteiger partial charge on any atom is -0.338 e. The maximum Gasteiger partial charge on any atom is 0.192 e. The van der Waals surface area contributed by atoms with Gasteiger partial charge in [-0.3, -0.25) is 0 Å². The Morgan fingerprint density at radius 3 is 2.78 bits per heavy atom. The maximum absolute atomic E-state index is 12.2. The molecule has 1 rings (SSSR count). The summed E-state index contributed by atoms with van der Waals surface area (Å²) in [5.74, 6) is -0.384. The highest BCUT2D eigenvalue weighted by molar-refractivity contribution is 7.71. The first-order valence-electron chi connectivity index (χ1n) is 2.55. The smallest absolute Gasteiger partial charge is 0.192 e. The van der Waals surface area contributed by atoms with Gasteiger partial charge < -0.3 is 4.98 Å². The van der Waals surface area contributed by atoms with Crippen molar-refractivity contribution < 1.29 is 4.39 Å². The molecule has 0 fully saturated rings. The summed E-state index contributed by atoms with van der Waals surface area (Å²) in [6.07, 6.45) is 1.55. The van der Waals surface area contributed by atoms with Crippen molar-refractivity contribution in [1.82, 2.24) is 4.98 Å². The van der Waals surface area contributed by atoms with Crippen LogP contribution in [0.1, 0.15) is 5.56 Å². The molecule has 0 spiro atoms. The molecule has 1 aromatic rings. The zero-order valence-electron chi connectivity index (χ0n) is 4.94. The van der Waals surface area contributed by atoms with Gasteiger partial charge in [0.2, 0.25) is 0 Å². The second-order valence-electron chi connectivity index (χ2n) is 1.83. The Labute approximate surface area is 57.5 Å². The van der Waals surface area contributed by atoms with Gasteiger partial charge in [0.05, 0.1) is 0 Å². The summed E-state index contributed by atoms with van der Waals surface area (Å²) < 4.78 is 12.8. The first-order chi connectivity index (χ1) is 4.20. The van der Waals surface area contributed by atoms with E-state index < -0.39 is 0 Å².